The van der Waals surface area contributed by atoms with E-state index in [9.17, 15) is 9.90 Å². The van der Waals surface area contributed by atoms with Gasteiger partial charge in [0.05, 0.1) is 25.8 Å². The summed E-state index contributed by atoms with van der Waals surface area (Å²) in [5.41, 5.74) is 6.20. The molecule has 0 aromatic heterocycles. The summed E-state index contributed by atoms with van der Waals surface area (Å²) in [7, 11) is 7.26. The molecule has 5 aromatic rings. The maximum Gasteiger partial charge on any atom is 0.348 e. The molecule has 9 nitrogen and oxygen atoms in total. The van der Waals surface area contributed by atoms with Crippen molar-refractivity contribution in [1.29, 1.82) is 0 Å². The third kappa shape index (κ3) is 7.00. The zero-order valence-electron chi connectivity index (χ0n) is 31.2. The van der Waals surface area contributed by atoms with Gasteiger partial charge >= 0.3 is 5.97 Å². The molecule has 55 heavy (non-hydrogen) atoms. The van der Waals surface area contributed by atoms with Crippen LogP contribution >= 0.6 is 11.6 Å². The van der Waals surface area contributed by atoms with E-state index >= 15 is 4.39 Å². The van der Waals surface area contributed by atoms with Crippen LogP contribution in [0.2, 0.25) is 5.02 Å². The van der Waals surface area contributed by atoms with E-state index in [4.69, 9.17) is 35.3 Å². The van der Waals surface area contributed by atoms with Crippen LogP contribution in [0.1, 0.15) is 61.4 Å². The van der Waals surface area contributed by atoms with Crippen LogP contribution in [-0.4, -0.2) is 62.3 Å². The Morgan fingerprint density at radius 1 is 0.836 bits per heavy atom. The summed E-state index contributed by atoms with van der Waals surface area (Å²) >= 11 is 6.35. The second-order valence-electron chi connectivity index (χ2n) is 14.3. The van der Waals surface area contributed by atoms with E-state index in [0.29, 0.717) is 47.8 Å². The number of halogens is 2. The van der Waals surface area contributed by atoms with Gasteiger partial charge in [0, 0.05) is 36.3 Å². The van der Waals surface area contributed by atoms with E-state index in [2.05, 4.69) is 29.0 Å². The number of esters is 1. The highest BCUT2D eigenvalue weighted by molar-refractivity contribution is 6.33. The first-order valence-corrected chi connectivity index (χ1v) is 18.7. The summed E-state index contributed by atoms with van der Waals surface area (Å²) in [6, 6.07) is 23.6. The van der Waals surface area contributed by atoms with Gasteiger partial charge in [-0.05, 0) is 122 Å². The molecule has 0 amide bonds. The molecule has 0 unspecified atom stereocenters. The highest BCUT2D eigenvalue weighted by atomic mass is 35.5. The lowest BCUT2D eigenvalue weighted by Gasteiger charge is -2.37. The molecule has 0 saturated carbocycles. The van der Waals surface area contributed by atoms with E-state index in [-0.39, 0.29) is 41.0 Å². The lowest BCUT2D eigenvalue weighted by Crippen LogP contribution is -2.34. The van der Waals surface area contributed by atoms with Crippen molar-refractivity contribution in [3.8, 4) is 40.2 Å². The maximum absolute atomic E-state index is 15.1. The summed E-state index contributed by atoms with van der Waals surface area (Å²) in [6.07, 6.45) is 2.69. The SMILES string of the molecule is COc1ccc2cc1Oc1ccc(cc1)C[C@H]1c3cc(c(CO)cc3CCN1C)Oc1c(OC(=O)c3c(F)cccc3Cl)c(OC)cc3c1[C@H](C2)N(C)CC3. The Balaban J connectivity index is 1.37. The van der Waals surface area contributed by atoms with E-state index in [1.165, 1.54) is 19.2 Å². The number of likely N-dealkylation sites (N-methyl/N-ethyl adjacent to an activating group) is 2. The summed E-state index contributed by atoms with van der Waals surface area (Å²) in [5, 5.41) is 10.7. The van der Waals surface area contributed by atoms with Crippen LogP contribution < -0.4 is 23.7 Å². The van der Waals surface area contributed by atoms with Crippen LogP contribution in [0.3, 0.4) is 0 Å². The number of benzene rings is 5. The van der Waals surface area contributed by atoms with Crippen molar-refractivity contribution in [3.63, 3.8) is 0 Å². The highest BCUT2D eigenvalue weighted by Crippen LogP contribution is 2.51. The Labute approximate surface area is 324 Å². The fraction of sp³-hybridized carbons (Fsp3) is 0.295. The van der Waals surface area contributed by atoms with Gasteiger partial charge in [-0.3, -0.25) is 9.80 Å². The third-order valence-corrected chi connectivity index (χ3v) is 11.4. The zero-order valence-corrected chi connectivity index (χ0v) is 31.9. The van der Waals surface area contributed by atoms with E-state index in [1.807, 2.05) is 55.6 Å². The van der Waals surface area contributed by atoms with Crippen LogP contribution in [0.4, 0.5) is 4.39 Å². The molecule has 2 atom stereocenters. The van der Waals surface area contributed by atoms with Crippen molar-refractivity contribution in [3.05, 3.63) is 134 Å². The number of rotatable bonds is 5. The smallest absolute Gasteiger partial charge is 0.348 e. The molecule has 6 bridgehead atoms. The Morgan fingerprint density at radius 2 is 1.55 bits per heavy atom. The Bertz CT molecular complexity index is 2260. The van der Waals surface area contributed by atoms with Crippen LogP contribution in [0, 0.1) is 5.82 Å². The normalized spacial score (nSPS) is 17.9. The number of aliphatic hydroxyl groups excluding tert-OH is 1. The van der Waals surface area contributed by atoms with E-state index in [1.54, 1.807) is 7.11 Å². The van der Waals surface area contributed by atoms with Crippen LogP contribution in [0.25, 0.3) is 0 Å². The van der Waals surface area contributed by atoms with Crippen molar-refractivity contribution in [2.45, 2.75) is 44.4 Å². The molecule has 1 N–H and O–H groups in total. The van der Waals surface area contributed by atoms with Crippen molar-refractivity contribution < 1.29 is 38.0 Å². The van der Waals surface area contributed by atoms with Gasteiger partial charge in [-0.15, -0.1) is 0 Å². The number of aliphatic hydroxyl groups is 1. The molecule has 4 aliphatic rings. The molecule has 0 aliphatic carbocycles. The van der Waals surface area contributed by atoms with Crippen LogP contribution in [-0.2, 0) is 32.3 Å². The third-order valence-electron chi connectivity index (χ3n) is 11.1. The predicted octanol–water partition coefficient (Wildman–Crippen LogP) is 8.65. The average Bonchev–Trinajstić information content (AvgIpc) is 3.18. The lowest BCUT2D eigenvalue weighted by atomic mass is 9.86. The monoisotopic (exact) mass is 764 g/mol. The number of methoxy groups -OCH3 is 2. The molecule has 0 spiro atoms. The number of nitrogens with zero attached hydrogens (tertiary/aromatic N) is 2. The van der Waals surface area contributed by atoms with Gasteiger partial charge in [0.15, 0.2) is 23.0 Å². The molecule has 284 valence electrons. The molecule has 4 aliphatic heterocycles. The molecule has 4 heterocycles. The van der Waals surface area contributed by atoms with E-state index in [0.717, 1.165) is 59.0 Å². The number of carbonyl (C=O) groups is 1. The minimum Gasteiger partial charge on any atom is -0.493 e. The molecule has 9 rings (SSSR count). The minimum absolute atomic E-state index is 0.000118. The van der Waals surface area contributed by atoms with Crippen molar-refractivity contribution in [1.82, 2.24) is 9.80 Å². The lowest BCUT2D eigenvalue weighted by molar-refractivity contribution is 0.0719. The first-order valence-electron chi connectivity index (χ1n) is 18.3. The van der Waals surface area contributed by atoms with Gasteiger partial charge in [-0.2, -0.15) is 0 Å². The number of carbonyl (C=O) groups excluding carboxylic acids is 1. The Hall–Kier alpha value is -5.13. The van der Waals surface area contributed by atoms with Gasteiger partial charge < -0.3 is 28.8 Å². The standard InChI is InChI=1S/C44H42ClFN2O7/c1-47-16-14-27-21-29(24-49)37-23-31(27)34(47)18-25-8-11-30(12-9-25)53-38-20-26(10-13-36(38)51-3)19-35-40-28(15-17-48(35)2)22-39(52-4)42(43(40)54-37)55-44(50)41-32(45)6-5-7-33(41)46/h5-13,20-23,34-35,49H,14-19,24H2,1-4H3/t34-,35-/m0/s1. The van der Waals surface area contributed by atoms with Gasteiger partial charge in [0.2, 0.25) is 5.75 Å². The van der Waals surface area contributed by atoms with Crippen molar-refractivity contribution in [2.24, 2.45) is 0 Å². The molecular formula is C44H42ClFN2O7. The largest absolute Gasteiger partial charge is 0.493 e. The first-order chi connectivity index (χ1) is 26.6. The summed E-state index contributed by atoms with van der Waals surface area (Å²) in [4.78, 5) is 18.4. The summed E-state index contributed by atoms with van der Waals surface area (Å²) < 4.78 is 46.3. The van der Waals surface area contributed by atoms with Crippen molar-refractivity contribution in [2.75, 3.05) is 41.4 Å². The maximum atomic E-state index is 15.1. The Kier molecular flexibility index (Phi) is 10.2. The quantitative estimate of drug-likeness (QED) is 0.140. The molecular weight excluding hydrogens is 723 g/mol. The average molecular weight is 765 g/mol. The summed E-state index contributed by atoms with van der Waals surface area (Å²) in [6.45, 7) is 1.29. The Morgan fingerprint density at radius 3 is 2.27 bits per heavy atom. The van der Waals surface area contributed by atoms with Gasteiger partial charge in [-0.25, -0.2) is 9.18 Å². The molecule has 5 aromatic carbocycles. The molecule has 0 fully saturated rings. The molecule has 11 heteroatoms. The zero-order chi connectivity index (χ0) is 38.4. The van der Waals surface area contributed by atoms with Crippen LogP contribution in [0.15, 0.2) is 78.9 Å². The number of hydrogen-bond acceptors (Lipinski definition) is 9. The summed E-state index contributed by atoms with van der Waals surface area (Å²) in [5.74, 6) is 0.926. The fourth-order valence-electron chi connectivity index (χ4n) is 8.07. The molecule has 0 saturated heterocycles. The van der Waals surface area contributed by atoms with Crippen LogP contribution in [0.5, 0.6) is 40.2 Å². The van der Waals surface area contributed by atoms with Gasteiger partial charge in [0.25, 0.3) is 0 Å². The fourth-order valence-corrected chi connectivity index (χ4v) is 8.31. The van der Waals surface area contributed by atoms with Crippen molar-refractivity contribution >= 4 is 17.6 Å². The second kappa shape index (κ2) is 15.2. The van der Waals surface area contributed by atoms with Gasteiger partial charge in [0.1, 0.15) is 22.9 Å². The van der Waals surface area contributed by atoms with E-state index < -0.39 is 17.3 Å². The number of ether oxygens (including phenoxy) is 5. The predicted molar refractivity (Wildman–Crippen MR) is 207 cm³/mol. The molecule has 0 radical (unpaired) electrons. The van der Waals surface area contributed by atoms with Gasteiger partial charge in [-0.1, -0.05) is 35.9 Å². The minimum atomic E-state index is -1.00. The highest BCUT2D eigenvalue weighted by Gasteiger charge is 2.36. The topological polar surface area (TPSA) is 89.9 Å². The number of fused-ring (bicyclic) bond motifs is 2. The number of hydrogen-bond donors (Lipinski definition) is 1. The first kappa shape index (κ1) is 36.8. The second-order valence-corrected chi connectivity index (χ2v) is 14.8.